The van der Waals surface area contributed by atoms with E-state index >= 15 is 0 Å². The minimum atomic E-state index is 0.823. The summed E-state index contributed by atoms with van der Waals surface area (Å²) in [5.74, 6) is 1.72. The first-order valence-electron chi connectivity index (χ1n) is 3.98. The highest BCUT2D eigenvalue weighted by Crippen LogP contribution is 2.24. The Labute approximate surface area is 71.3 Å². The van der Waals surface area contributed by atoms with Gasteiger partial charge in [0, 0.05) is 18.5 Å². The van der Waals surface area contributed by atoms with Crippen molar-refractivity contribution in [2.45, 2.75) is 19.8 Å². The molecule has 0 aromatic rings. The summed E-state index contributed by atoms with van der Waals surface area (Å²) in [6.07, 6.45) is 2.51. The molecule has 1 aliphatic rings. The quantitative estimate of drug-likeness (QED) is 0.632. The van der Waals surface area contributed by atoms with Crippen molar-refractivity contribution in [3.63, 3.8) is 0 Å². The number of halogens is 1. The molecular weight excluding hydrogens is 192 g/mol. The maximum absolute atomic E-state index is 5.28. The van der Waals surface area contributed by atoms with Crippen molar-refractivity contribution < 1.29 is 4.74 Å². The molecule has 0 amide bonds. The third-order valence-electron chi connectivity index (χ3n) is 2.31. The van der Waals surface area contributed by atoms with Crippen molar-refractivity contribution in [3.8, 4) is 0 Å². The van der Waals surface area contributed by atoms with Crippen LogP contribution in [0.25, 0.3) is 0 Å². The maximum atomic E-state index is 5.28. The SMILES string of the molecule is CC(CBr)C1CCOCC1. The Bertz CT molecular complexity index is 89.3. The fourth-order valence-corrected chi connectivity index (χ4v) is 1.94. The molecule has 0 aromatic carbocycles. The summed E-state index contributed by atoms with van der Waals surface area (Å²) >= 11 is 3.51. The van der Waals surface area contributed by atoms with Crippen LogP contribution in [-0.4, -0.2) is 18.5 Å². The Morgan fingerprint density at radius 1 is 1.50 bits per heavy atom. The highest BCUT2D eigenvalue weighted by atomic mass is 79.9. The molecule has 1 saturated heterocycles. The first kappa shape index (κ1) is 8.54. The largest absolute Gasteiger partial charge is 0.381 e. The molecule has 0 N–H and O–H groups in total. The summed E-state index contributed by atoms with van der Waals surface area (Å²) in [7, 11) is 0. The van der Waals surface area contributed by atoms with Gasteiger partial charge in [-0.25, -0.2) is 0 Å². The molecule has 60 valence electrons. The average molecular weight is 207 g/mol. The molecule has 0 aliphatic carbocycles. The van der Waals surface area contributed by atoms with Crippen LogP contribution < -0.4 is 0 Å². The molecule has 1 nitrogen and oxygen atoms in total. The van der Waals surface area contributed by atoms with E-state index in [0.717, 1.165) is 30.4 Å². The van der Waals surface area contributed by atoms with Crippen molar-refractivity contribution >= 4 is 15.9 Å². The zero-order valence-corrected chi connectivity index (χ0v) is 8.06. The highest BCUT2D eigenvalue weighted by molar-refractivity contribution is 9.09. The van der Waals surface area contributed by atoms with Gasteiger partial charge in [-0.2, -0.15) is 0 Å². The third kappa shape index (κ3) is 2.24. The Morgan fingerprint density at radius 3 is 2.60 bits per heavy atom. The van der Waals surface area contributed by atoms with Crippen molar-refractivity contribution in [3.05, 3.63) is 0 Å². The van der Waals surface area contributed by atoms with E-state index in [1.165, 1.54) is 12.8 Å². The van der Waals surface area contributed by atoms with Crippen molar-refractivity contribution in [2.24, 2.45) is 11.8 Å². The Hall–Kier alpha value is 0.440. The lowest BCUT2D eigenvalue weighted by Gasteiger charge is -2.26. The zero-order valence-electron chi connectivity index (χ0n) is 6.48. The van der Waals surface area contributed by atoms with E-state index in [4.69, 9.17) is 4.74 Å². The van der Waals surface area contributed by atoms with Crippen LogP contribution in [0.5, 0.6) is 0 Å². The molecule has 1 aliphatic heterocycles. The van der Waals surface area contributed by atoms with E-state index in [0.29, 0.717) is 0 Å². The van der Waals surface area contributed by atoms with E-state index in [2.05, 4.69) is 22.9 Å². The van der Waals surface area contributed by atoms with Crippen LogP contribution in [0, 0.1) is 11.8 Å². The van der Waals surface area contributed by atoms with E-state index < -0.39 is 0 Å². The van der Waals surface area contributed by atoms with Gasteiger partial charge in [0.1, 0.15) is 0 Å². The van der Waals surface area contributed by atoms with Gasteiger partial charge in [-0.15, -0.1) is 0 Å². The van der Waals surface area contributed by atoms with E-state index in [1.807, 2.05) is 0 Å². The zero-order chi connectivity index (χ0) is 7.40. The normalized spacial score (nSPS) is 24.6. The predicted octanol–water partition coefficient (Wildman–Crippen LogP) is 2.44. The van der Waals surface area contributed by atoms with Crippen molar-refractivity contribution in [2.75, 3.05) is 18.5 Å². The first-order valence-corrected chi connectivity index (χ1v) is 5.10. The van der Waals surface area contributed by atoms with Crippen LogP contribution >= 0.6 is 15.9 Å². The Kier molecular flexibility index (Phi) is 3.71. The molecule has 2 heteroatoms. The number of hydrogen-bond acceptors (Lipinski definition) is 1. The maximum Gasteiger partial charge on any atom is 0.0468 e. The second-order valence-corrected chi connectivity index (χ2v) is 3.73. The highest BCUT2D eigenvalue weighted by Gasteiger charge is 2.18. The fourth-order valence-electron chi connectivity index (χ4n) is 1.41. The van der Waals surface area contributed by atoms with Gasteiger partial charge >= 0.3 is 0 Å². The van der Waals surface area contributed by atoms with Crippen LogP contribution in [0.2, 0.25) is 0 Å². The van der Waals surface area contributed by atoms with E-state index in [9.17, 15) is 0 Å². The summed E-state index contributed by atoms with van der Waals surface area (Å²) in [5, 5.41) is 1.14. The molecule has 1 fully saturated rings. The minimum Gasteiger partial charge on any atom is -0.381 e. The van der Waals surface area contributed by atoms with Gasteiger partial charge in [0.05, 0.1) is 0 Å². The first-order chi connectivity index (χ1) is 4.84. The molecule has 0 saturated carbocycles. The average Bonchev–Trinajstić information content (AvgIpc) is 2.05. The van der Waals surface area contributed by atoms with Gasteiger partial charge in [-0.05, 0) is 24.7 Å². The molecule has 1 rings (SSSR count). The van der Waals surface area contributed by atoms with Gasteiger partial charge in [0.25, 0.3) is 0 Å². The summed E-state index contributed by atoms with van der Waals surface area (Å²) in [6.45, 7) is 4.26. The minimum absolute atomic E-state index is 0.823. The summed E-state index contributed by atoms with van der Waals surface area (Å²) < 4.78 is 5.28. The number of ether oxygens (including phenoxy) is 1. The van der Waals surface area contributed by atoms with Crippen LogP contribution in [0.1, 0.15) is 19.8 Å². The summed E-state index contributed by atoms with van der Waals surface area (Å²) in [5.41, 5.74) is 0. The second kappa shape index (κ2) is 4.35. The van der Waals surface area contributed by atoms with Crippen LogP contribution in [-0.2, 0) is 4.74 Å². The van der Waals surface area contributed by atoms with Gasteiger partial charge in [0.2, 0.25) is 0 Å². The van der Waals surface area contributed by atoms with Crippen LogP contribution in [0.15, 0.2) is 0 Å². The van der Waals surface area contributed by atoms with Crippen molar-refractivity contribution in [1.82, 2.24) is 0 Å². The number of rotatable bonds is 2. The molecular formula is C8H15BrO. The topological polar surface area (TPSA) is 9.23 Å². The third-order valence-corrected chi connectivity index (χ3v) is 3.34. The summed E-state index contributed by atoms with van der Waals surface area (Å²) in [4.78, 5) is 0. The lowest BCUT2D eigenvalue weighted by molar-refractivity contribution is 0.0531. The molecule has 1 atom stereocenters. The van der Waals surface area contributed by atoms with Gasteiger partial charge in [-0.3, -0.25) is 0 Å². The number of alkyl halides is 1. The molecule has 10 heavy (non-hydrogen) atoms. The van der Waals surface area contributed by atoms with Crippen LogP contribution in [0.4, 0.5) is 0 Å². The fraction of sp³-hybridized carbons (Fsp3) is 1.00. The monoisotopic (exact) mass is 206 g/mol. The molecule has 0 radical (unpaired) electrons. The lowest BCUT2D eigenvalue weighted by atomic mass is 9.89. The van der Waals surface area contributed by atoms with Gasteiger partial charge in [0.15, 0.2) is 0 Å². The van der Waals surface area contributed by atoms with Gasteiger partial charge in [-0.1, -0.05) is 22.9 Å². The van der Waals surface area contributed by atoms with Crippen molar-refractivity contribution in [1.29, 1.82) is 0 Å². The Balaban J connectivity index is 2.24. The molecule has 0 spiro atoms. The second-order valence-electron chi connectivity index (χ2n) is 3.08. The summed E-state index contributed by atoms with van der Waals surface area (Å²) in [6, 6.07) is 0. The molecule has 0 bridgehead atoms. The smallest absolute Gasteiger partial charge is 0.0468 e. The molecule has 1 heterocycles. The van der Waals surface area contributed by atoms with Gasteiger partial charge < -0.3 is 4.74 Å². The molecule has 0 aromatic heterocycles. The molecule has 1 unspecified atom stereocenters. The van der Waals surface area contributed by atoms with Crippen LogP contribution in [0.3, 0.4) is 0 Å². The Morgan fingerprint density at radius 2 is 2.10 bits per heavy atom. The van der Waals surface area contributed by atoms with E-state index in [1.54, 1.807) is 0 Å². The number of hydrogen-bond donors (Lipinski definition) is 0. The van der Waals surface area contributed by atoms with E-state index in [-0.39, 0.29) is 0 Å². The standard InChI is InChI=1S/C8H15BrO/c1-7(6-9)8-2-4-10-5-3-8/h7-8H,2-6H2,1H3. The predicted molar refractivity (Wildman–Crippen MR) is 46.5 cm³/mol. The lowest BCUT2D eigenvalue weighted by Crippen LogP contribution is -2.22.